The number of nitrogens with zero attached hydrogens (tertiary/aromatic N) is 4. The Labute approximate surface area is 113 Å². The molecule has 2 N–H and O–H groups in total. The van der Waals surface area contributed by atoms with E-state index in [1.807, 2.05) is 7.05 Å². The Morgan fingerprint density at radius 3 is 2.78 bits per heavy atom. The molecule has 1 aliphatic heterocycles. The van der Waals surface area contributed by atoms with Crippen LogP contribution in [-0.4, -0.2) is 47.6 Å². The van der Waals surface area contributed by atoms with Crippen LogP contribution < -0.4 is 10.6 Å². The van der Waals surface area contributed by atoms with Gasteiger partial charge >= 0.3 is 0 Å². The Balaban J connectivity index is 2.07. The number of piperidine rings is 1. The largest absolute Gasteiger partial charge is 0.394 e. The maximum absolute atomic E-state index is 5.91. The van der Waals surface area contributed by atoms with E-state index >= 15 is 0 Å². The minimum absolute atomic E-state index is 0.247. The quantitative estimate of drug-likeness (QED) is 0.846. The molecular weight excluding hydrogens is 250 g/mol. The van der Waals surface area contributed by atoms with Crippen molar-refractivity contribution in [3.63, 3.8) is 0 Å². The number of likely N-dealkylation sites (tertiary alicyclic amines) is 1. The molecule has 100 valence electrons. The van der Waals surface area contributed by atoms with Crippen LogP contribution in [0, 0.1) is 0 Å². The number of aromatic nitrogens is 2. The summed E-state index contributed by atoms with van der Waals surface area (Å²) in [5, 5.41) is 0.247. The van der Waals surface area contributed by atoms with Crippen LogP contribution in [-0.2, 0) is 0 Å². The minimum Gasteiger partial charge on any atom is -0.394 e. The average Bonchev–Trinajstić information content (AvgIpc) is 2.41. The van der Waals surface area contributed by atoms with Gasteiger partial charge in [-0.3, -0.25) is 0 Å². The molecule has 2 rings (SSSR count). The zero-order valence-corrected chi connectivity index (χ0v) is 11.7. The van der Waals surface area contributed by atoms with E-state index in [-0.39, 0.29) is 5.28 Å². The molecule has 1 saturated heterocycles. The third-order valence-corrected chi connectivity index (χ3v) is 3.83. The number of halogens is 1. The molecule has 1 aromatic heterocycles. The van der Waals surface area contributed by atoms with Gasteiger partial charge in [0, 0.05) is 26.2 Å². The molecule has 0 unspecified atom stereocenters. The molecule has 0 bridgehead atoms. The zero-order valence-electron chi connectivity index (χ0n) is 10.9. The van der Waals surface area contributed by atoms with Crippen molar-refractivity contribution in [3.8, 4) is 0 Å². The summed E-state index contributed by atoms with van der Waals surface area (Å²) in [6, 6.07) is 0.473. The average molecular weight is 270 g/mol. The molecule has 0 spiro atoms. The lowest BCUT2D eigenvalue weighted by molar-refractivity contribution is 0.220. The molecule has 0 radical (unpaired) electrons. The van der Waals surface area contributed by atoms with Gasteiger partial charge in [0.15, 0.2) is 5.82 Å². The predicted octanol–water partition coefficient (Wildman–Crippen LogP) is 1.63. The Morgan fingerprint density at radius 1 is 1.50 bits per heavy atom. The fraction of sp³-hybridized carbons (Fsp3) is 0.667. The highest BCUT2D eigenvalue weighted by Gasteiger charge is 2.23. The van der Waals surface area contributed by atoms with E-state index in [1.165, 1.54) is 0 Å². The summed E-state index contributed by atoms with van der Waals surface area (Å²) in [7, 11) is 2.03. The van der Waals surface area contributed by atoms with Gasteiger partial charge in [-0.1, -0.05) is 6.92 Å². The molecule has 0 aliphatic carbocycles. The predicted molar refractivity (Wildman–Crippen MR) is 75.0 cm³/mol. The highest BCUT2D eigenvalue weighted by molar-refractivity contribution is 6.28. The van der Waals surface area contributed by atoms with Crippen molar-refractivity contribution in [3.05, 3.63) is 11.5 Å². The molecule has 18 heavy (non-hydrogen) atoms. The monoisotopic (exact) mass is 269 g/mol. The second-order valence-electron chi connectivity index (χ2n) is 4.69. The molecule has 5 nitrogen and oxygen atoms in total. The molecule has 1 fully saturated rings. The smallest absolute Gasteiger partial charge is 0.224 e. The van der Waals surface area contributed by atoms with Gasteiger partial charge in [0.25, 0.3) is 0 Å². The lowest BCUT2D eigenvalue weighted by Gasteiger charge is -2.37. The first-order valence-electron chi connectivity index (χ1n) is 6.35. The first kappa shape index (κ1) is 13.4. The second kappa shape index (κ2) is 5.71. The summed E-state index contributed by atoms with van der Waals surface area (Å²) in [5.41, 5.74) is 6.50. The Bertz CT molecular complexity index is 403. The van der Waals surface area contributed by atoms with Crippen LogP contribution in [0.5, 0.6) is 0 Å². The molecule has 0 atom stereocenters. The summed E-state index contributed by atoms with van der Waals surface area (Å²) in [6.07, 6.45) is 3.83. The molecular formula is C12H20ClN5. The number of hydrogen-bond acceptors (Lipinski definition) is 5. The summed E-state index contributed by atoms with van der Waals surface area (Å²) >= 11 is 5.83. The fourth-order valence-electron chi connectivity index (χ4n) is 2.44. The molecule has 0 saturated carbocycles. The first-order valence-corrected chi connectivity index (χ1v) is 6.72. The fourth-order valence-corrected chi connectivity index (χ4v) is 2.57. The van der Waals surface area contributed by atoms with Crippen molar-refractivity contribution >= 4 is 23.1 Å². The third kappa shape index (κ3) is 2.84. The van der Waals surface area contributed by atoms with Gasteiger partial charge in [-0.05, 0) is 31.0 Å². The van der Waals surface area contributed by atoms with Gasteiger partial charge in [-0.15, -0.1) is 0 Å². The third-order valence-electron chi connectivity index (χ3n) is 3.65. The Morgan fingerprint density at radius 2 is 2.17 bits per heavy atom. The molecule has 2 heterocycles. The van der Waals surface area contributed by atoms with E-state index < -0.39 is 0 Å². The summed E-state index contributed by atoms with van der Waals surface area (Å²) in [6.45, 7) is 5.58. The van der Waals surface area contributed by atoms with Crippen molar-refractivity contribution in [2.45, 2.75) is 25.8 Å². The van der Waals surface area contributed by atoms with Gasteiger partial charge in [0.1, 0.15) is 0 Å². The van der Waals surface area contributed by atoms with E-state index in [4.69, 9.17) is 17.3 Å². The lowest BCUT2D eigenvalue weighted by Crippen LogP contribution is -2.43. The van der Waals surface area contributed by atoms with E-state index in [1.54, 1.807) is 6.20 Å². The highest BCUT2D eigenvalue weighted by atomic mass is 35.5. The van der Waals surface area contributed by atoms with Crippen LogP contribution in [0.15, 0.2) is 6.20 Å². The number of nitrogens with two attached hydrogens (primary N) is 1. The Kier molecular flexibility index (Phi) is 4.24. The van der Waals surface area contributed by atoms with E-state index in [0.717, 1.165) is 38.3 Å². The summed E-state index contributed by atoms with van der Waals surface area (Å²) < 4.78 is 0. The highest BCUT2D eigenvalue weighted by Crippen LogP contribution is 2.25. The topological polar surface area (TPSA) is 58.3 Å². The second-order valence-corrected chi connectivity index (χ2v) is 5.03. The van der Waals surface area contributed by atoms with Crippen LogP contribution in [0.25, 0.3) is 0 Å². The summed E-state index contributed by atoms with van der Waals surface area (Å²) in [5.74, 6) is 0.741. The van der Waals surface area contributed by atoms with Crippen LogP contribution in [0.3, 0.4) is 0 Å². The normalized spacial score (nSPS) is 17.9. The van der Waals surface area contributed by atoms with Gasteiger partial charge in [0.2, 0.25) is 5.28 Å². The molecule has 0 aromatic carbocycles. The van der Waals surface area contributed by atoms with Crippen LogP contribution in [0.1, 0.15) is 19.8 Å². The molecule has 1 aliphatic rings. The minimum atomic E-state index is 0.247. The maximum atomic E-state index is 5.91. The van der Waals surface area contributed by atoms with E-state index in [2.05, 4.69) is 26.7 Å². The van der Waals surface area contributed by atoms with Crippen molar-refractivity contribution in [2.75, 3.05) is 37.3 Å². The van der Waals surface area contributed by atoms with Gasteiger partial charge in [-0.2, -0.15) is 4.98 Å². The molecule has 6 heteroatoms. The van der Waals surface area contributed by atoms with E-state index in [9.17, 15) is 0 Å². The standard InChI is InChI=1S/C12H20ClN5/c1-3-18-6-4-9(5-7-18)17(2)11-10(14)8-15-12(13)16-11/h8-9H,3-7,14H2,1-2H3. The molecule has 0 amide bonds. The van der Waals surface area contributed by atoms with Gasteiger partial charge in [-0.25, -0.2) is 4.98 Å². The van der Waals surface area contributed by atoms with Gasteiger partial charge < -0.3 is 15.5 Å². The number of hydrogen-bond donors (Lipinski definition) is 1. The zero-order chi connectivity index (χ0) is 13.1. The van der Waals surface area contributed by atoms with Crippen molar-refractivity contribution < 1.29 is 0 Å². The van der Waals surface area contributed by atoms with E-state index in [0.29, 0.717) is 11.7 Å². The van der Waals surface area contributed by atoms with Crippen molar-refractivity contribution in [1.82, 2.24) is 14.9 Å². The van der Waals surface area contributed by atoms with Gasteiger partial charge in [0.05, 0.1) is 11.9 Å². The van der Waals surface area contributed by atoms with Crippen LogP contribution in [0.4, 0.5) is 11.5 Å². The number of anilines is 2. The SMILES string of the molecule is CCN1CCC(N(C)c2nc(Cl)ncc2N)CC1. The van der Waals surface area contributed by atoms with Crippen LogP contribution in [0.2, 0.25) is 5.28 Å². The van der Waals surface area contributed by atoms with Crippen LogP contribution >= 0.6 is 11.6 Å². The molecule has 1 aromatic rings. The van der Waals surface area contributed by atoms with Crippen molar-refractivity contribution in [2.24, 2.45) is 0 Å². The summed E-state index contributed by atoms with van der Waals surface area (Å²) in [4.78, 5) is 12.7. The maximum Gasteiger partial charge on any atom is 0.224 e. The Hall–Kier alpha value is -1.07. The first-order chi connectivity index (χ1) is 8.61. The van der Waals surface area contributed by atoms with Crippen molar-refractivity contribution in [1.29, 1.82) is 0 Å². The lowest BCUT2D eigenvalue weighted by atomic mass is 10.0. The number of nitrogen functional groups attached to an aromatic ring is 1. The number of rotatable bonds is 3.